The molecular formula is C23H23FN2O2. The van der Waals surface area contributed by atoms with Crippen molar-refractivity contribution in [2.75, 3.05) is 16.8 Å². The molecule has 3 aliphatic rings. The van der Waals surface area contributed by atoms with Crippen LogP contribution in [0, 0.1) is 11.7 Å². The predicted octanol–water partition coefficient (Wildman–Crippen LogP) is 4.19. The number of halogens is 1. The fourth-order valence-electron chi connectivity index (χ4n) is 4.30. The summed E-state index contributed by atoms with van der Waals surface area (Å²) in [7, 11) is 0. The molecule has 0 radical (unpaired) electrons. The maximum absolute atomic E-state index is 14.2. The maximum atomic E-state index is 14.2. The van der Waals surface area contributed by atoms with Crippen LogP contribution in [0.3, 0.4) is 0 Å². The highest BCUT2D eigenvalue weighted by Crippen LogP contribution is 2.50. The van der Waals surface area contributed by atoms with Gasteiger partial charge in [-0.1, -0.05) is 18.2 Å². The summed E-state index contributed by atoms with van der Waals surface area (Å²) in [5.74, 6) is -0.0517. The number of hydrogen-bond acceptors (Lipinski definition) is 2. The van der Waals surface area contributed by atoms with Crippen molar-refractivity contribution in [1.82, 2.24) is 0 Å². The van der Waals surface area contributed by atoms with Crippen LogP contribution >= 0.6 is 0 Å². The molecule has 4 nitrogen and oxygen atoms in total. The summed E-state index contributed by atoms with van der Waals surface area (Å²) in [4.78, 5) is 27.4. The third kappa shape index (κ3) is 2.89. The van der Waals surface area contributed by atoms with Crippen LogP contribution in [0.1, 0.15) is 43.2 Å². The van der Waals surface area contributed by atoms with E-state index in [0.717, 1.165) is 43.5 Å². The first kappa shape index (κ1) is 17.4. The Hall–Kier alpha value is -2.69. The number of hydrogen-bond donors (Lipinski definition) is 1. The lowest BCUT2D eigenvalue weighted by Crippen LogP contribution is -2.36. The Bertz CT molecular complexity index is 963. The number of anilines is 2. The molecule has 2 saturated carbocycles. The highest BCUT2D eigenvalue weighted by Gasteiger charge is 2.52. The molecule has 2 aromatic rings. The third-order valence-electron chi connectivity index (χ3n) is 6.22. The first-order valence-electron chi connectivity index (χ1n) is 10.1. The fraction of sp³-hybridized carbons (Fsp3) is 0.391. The van der Waals surface area contributed by atoms with Crippen LogP contribution in [-0.2, 0) is 21.4 Å². The quantitative estimate of drug-likeness (QED) is 0.867. The third-order valence-corrected chi connectivity index (χ3v) is 6.22. The molecule has 0 unspecified atom stereocenters. The van der Waals surface area contributed by atoms with Gasteiger partial charge in [0.2, 0.25) is 11.8 Å². The molecule has 28 heavy (non-hydrogen) atoms. The summed E-state index contributed by atoms with van der Waals surface area (Å²) in [6.07, 6.45) is 5.14. The van der Waals surface area contributed by atoms with Crippen LogP contribution in [0.15, 0.2) is 42.5 Å². The number of carbonyl (C=O) groups is 2. The van der Waals surface area contributed by atoms with E-state index >= 15 is 0 Å². The summed E-state index contributed by atoms with van der Waals surface area (Å²) < 4.78 is 14.2. The Morgan fingerprint density at radius 2 is 1.89 bits per heavy atom. The monoisotopic (exact) mass is 378 g/mol. The van der Waals surface area contributed by atoms with E-state index in [1.54, 1.807) is 18.2 Å². The topological polar surface area (TPSA) is 49.4 Å². The lowest BCUT2D eigenvalue weighted by atomic mass is 9.94. The Morgan fingerprint density at radius 1 is 1.11 bits per heavy atom. The molecule has 0 saturated heterocycles. The van der Waals surface area contributed by atoms with Crippen LogP contribution in [0.2, 0.25) is 0 Å². The van der Waals surface area contributed by atoms with Crippen molar-refractivity contribution in [3.63, 3.8) is 0 Å². The zero-order valence-electron chi connectivity index (χ0n) is 15.7. The molecule has 1 heterocycles. The van der Waals surface area contributed by atoms with Gasteiger partial charge in [0.05, 0.1) is 5.41 Å². The van der Waals surface area contributed by atoms with E-state index in [9.17, 15) is 14.0 Å². The molecule has 2 fully saturated rings. The van der Waals surface area contributed by atoms with E-state index in [-0.39, 0.29) is 23.5 Å². The zero-order valence-corrected chi connectivity index (χ0v) is 15.7. The number of fused-ring (bicyclic) bond motifs is 1. The molecule has 1 aliphatic heterocycles. The summed E-state index contributed by atoms with van der Waals surface area (Å²) in [6, 6.07) is 12.3. The Kier molecular flexibility index (Phi) is 4.00. The smallest absolute Gasteiger partial charge is 0.235 e. The standard InChI is InChI=1S/C23H23FN2O2/c24-19-6-2-1-5-18(19)23(11-12-23)22(28)25-17-9-10-20-16(14-17)4-3-13-26(20)21(27)15-7-8-15/h1-2,5-6,9-10,14-15H,3-4,7-8,11-13H2,(H,25,28). The van der Waals surface area contributed by atoms with Gasteiger partial charge in [0.25, 0.3) is 0 Å². The van der Waals surface area contributed by atoms with E-state index in [2.05, 4.69) is 5.32 Å². The van der Waals surface area contributed by atoms with Crippen molar-refractivity contribution < 1.29 is 14.0 Å². The van der Waals surface area contributed by atoms with Crippen LogP contribution in [-0.4, -0.2) is 18.4 Å². The minimum absolute atomic E-state index is 0.153. The molecule has 0 spiro atoms. The lowest BCUT2D eigenvalue weighted by molar-refractivity contribution is -0.120. The second kappa shape index (κ2) is 6.43. The molecule has 2 aliphatic carbocycles. The predicted molar refractivity (Wildman–Crippen MR) is 106 cm³/mol. The van der Waals surface area contributed by atoms with Crippen molar-refractivity contribution >= 4 is 23.2 Å². The van der Waals surface area contributed by atoms with Gasteiger partial charge in [0.1, 0.15) is 5.82 Å². The normalized spacial score (nSPS) is 19.7. The Morgan fingerprint density at radius 3 is 2.61 bits per heavy atom. The zero-order chi connectivity index (χ0) is 19.3. The van der Waals surface area contributed by atoms with Gasteiger partial charge in [-0.3, -0.25) is 9.59 Å². The molecule has 0 atom stereocenters. The van der Waals surface area contributed by atoms with Crippen LogP contribution < -0.4 is 10.2 Å². The molecule has 2 aromatic carbocycles. The molecule has 0 bridgehead atoms. The van der Waals surface area contributed by atoms with Gasteiger partial charge in [-0.05, 0) is 68.4 Å². The number of carbonyl (C=O) groups excluding carboxylic acids is 2. The summed E-state index contributed by atoms with van der Waals surface area (Å²) >= 11 is 0. The van der Waals surface area contributed by atoms with E-state index < -0.39 is 5.41 Å². The minimum atomic E-state index is -0.755. The van der Waals surface area contributed by atoms with Crippen LogP contribution in [0.4, 0.5) is 15.8 Å². The van der Waals surface area contributed by atoms with Crippen molar-refractivity contribution in [2.24, 2.45) is 5.92 Å². The SMILES string of the molecule is O=C(C1CC1)N1CCCc2cc(NC(=O)C3(c4ccccc4F)CC3)ccc21. The average molecular weight is 378 g/mol. The molecular weight excluding hydrogens is 355 g/mol. The van der Waals surface area contributed by atoms with Crippen LogP contribution in [0.25, 0.3) is 0 Å². The Balaban J connectivity index is 1.37. The number of amides is 2. The molecule has 5 rings (SSSR count). The molecule has 144 valence electrons. The number of rotatable bonds is 4. The molecule has 5 heteroatoms. The first-order chi connectivity index (χ1) is 13.6. The summed E-state index contributed by atoms with van der Waals surface area (Å²) in [6.45, 7) is 0.768. The minimum Gasteiger partial charge on any atom is -0.325 e. The Labute approximate surface area is 163 Å². The van der Waals surface area contributed by atoms with Gasteiger partial charge in [-0.25, -0.2) is 4.39 Å². The number of nitrogens with one attached hydrogen (secondary N) is 1. The highest BCUT2D eigenvalue weighted by atomic mass is 19.1. The molecule has 1 N–H and O–H groups in total. The van der Waals surface area contributed by atoms with E-state index in [1.165, 1.54) is 6.07 Å². The van der Waals surface area contributed by atoms with Crippen LogP contribution in [0.5, 0.6) is 0 Å². The fourth-order valence-corrected chi connectivity index (χ4v) is 4.30. The number of benzene rings is 2. The van der Waals surface area contributed by atoms with E-state index in [1.807, 2.05) is 23.1 Å². The maximum Gasteiger partial charge on any atom is 0.235 e. The molecule has 2 amide bonds. The number of aryl methyl sites for hydroxylation is 1. The van der Waals surface area contributed by atoms with Gasteiger partial charge >= 0.3 is 0 Å². The summed E-state index contributed by atoms with van der Waals surface area (Å²) in [5.41, 5.74) is 2.50. The summed E-state index contributed by atoms with van der Waals surface area (Å²) in [5, 5.41) is 2.99. The van der Waals surface area contributed by atoms with Gasteiger partial charge < -0.3 is 10.2 Å². The van der Waals surface area contributed by atoms with Gasteiger partial charge in [-0.2, -0.15) is 0 Å². The van der Waals surface area contributed by atoms with E-state index in [0.29, 0.717) is 24.1 Å². The number of nitrogens with zero attached hydrogens (tertiary/aromatic N) is 1. The van der Waals surface area contributed by atoms with E-state index in [4.69, 9.17) is 0 Å². The van der Waals surface area contributed by atoms with Gasteiger partial charge in [0.15, 0.2) is 0 Å². The molecule has 0 aromatic heterocycles. The van der Waals surface area contributed by atoms with Gasteiger partial charge in [0, 0.05) is 29.4 Å². The van der Waals surface area contributed by atoms with Crippen molar-refractivity contribution in [1.29, 1.82) is 0 Å². The lowest BCUT2D eigenvalue weighted by Gasteiger charge is -2.30. The van der Waals surface area contributed by atoms with Crippen molar-refractivity contribution in [3.05, 3.63) is 59.4 Å². The van der Waals surface area contributed by atoms with Gasteiger partial charge in [-0.15, -0.1) is 0 Å². The first-order valence-corrected chi connectivity index (χ1v) is 10.1. The van der Waals surface area contributed by atoms with Crippen molar-refractivity contribution in [3.8, 4) is 0 Å². The highest BCUT2D eigenvalue weighted by molar-refractivity contribution is 6.02. The second-order valence-electron chi connectivity index (χ2n) is 8.23. The van der Waals surface area contributed by atoms with Crippen molar-refractivity contribution in [2.45, 2.75) is 43.9 Å². The largest absolute Gasteiger partial charge is 0.325 e. The second-order valence-corrected chi connectivity index (χ2v) is 8.23. The average Bonchev–Trinajstić information content (AvgIpc) is 3.61.